The van der Waals surface area contributed by atoms with Crippen LogP contribution in [0.15, 0.2) is 12.2 Å². The van der Waals surface area contributed by atoms with E-state index >= 15 is 0 Å². The van der Waals surface area contributed by atoms with Crippen LogP contribution >= 0.6 is 0 Å². The smallest absolute Gasteiger partial charge is 0.136 e. The number of rotatable bonds is 0. The average molecular weight is 178 g/mol. The van der Waals surface area contributed by atoms with Gasteiger partial charge in [-0.15, -0.1) is 0 Å². The summed E-state index contributed by atoms with van der Waals surface area (Å²) in [5, 5.41) is 0. The summed E-state index contributed by atoms with van der Waals surface area (Å²) < 4.78 is 0. The molecule has 2 rings (SSSR count). The second-order valence-corrected chi connectivity index (χ2v) is 4.77. The van der Waals surface area contributed by atoms with Crippen molar-refractivity contribution in [3.8, 4) is 0 Å². The summed E-state index contributed by atoms with van der Waals surface area (Å²) >= 11 is 0. The van der Waals surface area contributed by atoms with Gasteiger partial charge in [0.15, 0.2) is 0 Å². The van der Waals surface area contributed by atoms with Crippen LogP contribution in [0.1, 0.15) is 45.4 Å². The number of fused-ring (bicyclic) bond motifs is 1. The van der Waals surface area contributed by atoms with Crippen LogP contribution in [0.5, 0.6) is 0 Å². The average Bonchev–Trinajstić information content (AvgIpc) is 2.27. The van der Waals surface area contributed by atoms with E-state index in [1.807, 2.05) is 0 Å². The van der Waals surface area contributed by atoms with Gasteiger partial charge in [0.05, 0.1) is 0 Å². The minimum Gasteiger partial charge on any atom is -0.299 e. The van der Waals surface area contributed by atoms with Crippen LogP contribution in [0.25, 0.3) is 0 Å². The second kappa shape index (κ2) is 3.28. The molecule has 2 aliphatic carbocycles. The Hall–Kier alpha value is -0.590. The molecule has 0 heterocycles. The molecule has 1 fully saturated rings. The molecule has 0 spiro atoms. The molecule has 1 nitrogen and oxygen atoms in total. The van der Waals surface area contributed by atoms with Crippen molar-refractivity contribution in [3.63, 3.8) is 0 Å². The lowest BCUT2D eigenvalue weighted by atomic mass is 9.64. The van der Waals surface area contributed by atoms with E-state index in [1.54, 1.807) is 0 Å². The minimum absolute atomic E-state index is 0.318. The molecule has 0 aromatic heterocycles. The summed E-state index contributed by atoms with van der Waals surface area (Å²) in [6.07, 6.45) is 11.0. The first kappa shape index (κ1) is 8.98. The molecule has 0 radical (unpaired) electrons. The van der Waals surface area contributed by atoms with Crippen molar-refractivity contribution in [2.75, 3.05) is 0 Å². The monoisotopic (exact) mass is 178 g/mol. The fourth-order valence-corrected chi connectivity index (χ4v) is 2.88. The quantitative estimate of drug-likeness (QED) is 0.521. The van der Waals surface area contributed by atoms with E-state index < -0.39 is 0 Å². The molecule has 0 bridgehead atoms. The summed E-state index contributed by atoms with van der Waals surface area (Å²) in [5.41, 5.74) is 0.318. The van der Waals surface area contributed by atoms with Crippen LogP contribution in [0.2, 0.25) is 0 Å². The van der Waals surface area contributed by atoms with Crippen LogP contribution in [0.3, 0.4) is 0 Å². The Balaban J connectivity index is 2.22. The van der Waals surface area contributed by atoms with Crippen LogP contribution in [0, 0.1) is 11.3 Å². The molecule has 13 heavy (non-hydrogen) atoms. The highest BCUT2D eigenvalue weighted by atomic mass is 16.1. The molecular weight excluding hydrogens is 160 g/mol. The molecule has 0 aromatic carbocycles. The van der Waals surface area contributed by atoms with Crippen molar-refractivity contribution in [1.29, 1.82) is 0 Å². The van der Waals surface area contributed by atoms with Crippen LogP contribution < -0.4 is 0 Å². The SMILES string of the molecule is C[C@]12CCC=CCC1C(=O)CCC2. The third-order valence-corrected chi connectivity index (χ3v) is 3.82. The first-order chi connectivity index (χ1) is 6.22. The molecular formula is C12H18O. The van der Waals surface area contributed by atoms with E-state index in [0.29, 0.717) is 17.1 Å². The number of carbonyl (C=O) groups is 1. The summed E-state index contributed by atoms with van der Waals surface area (Å²) in [6, 6.07) is 0. The number of hydrogen-bond acceptors (Lipinski definition) is 1. The van der Waals surface area contributed by atoms with Crippen molar-refractivity contribution in [2.24, 2.45) is 11.3 Å². The third-order valence-electron chi connectivity index (χ3n) is 3.82. The maximum absolute atomic E-state index is 11.8. The lowest BCUT2D eigenvalue weighted by Gasteiger charge is -2.39. The van der Waals surface area contributed by atoms with Crippen LogP contribution in [-0.4, -0.2) is 5.78 Å². The molecule has 72 valence electrons. The highest BCUT2D eigenvalue weighted by Crippen LogP contribution is 2.45. The van der Waals surface area contributed by atoms with Gasteiger partial charge in [0.25, 0.3) is 0 Å². The molecule has 1 heteroatoms. The van der Waals surface area contributed by atoms with E-state index in [-0.39, 0.29) is 0 Å². The molecule has 1 saturated carbocycles. The van der Waals surface area contributed by atoms with E-state index in [2.05, 4.69) is 19.1 Å². The minimum atomic E-state index is 0.318. The standard InChI is InChI=1S/C12H18O/c1-12-8-4-2-3-6-10(12)11(13)7-5-9-12/h2-3,10H,4-9H2,1H3/t10?,12-/m1/s1. The molecule has 1 unspecified atom stereocenters. The summed E-state index contributed by atoms with van der Waals surface area (Å²) in [4.78, 5) is 11.8. The number of ketones is 1. The molecule has 0 N–H and O–H groups in total. The molecule has 0 amide bonds. The first-order valence-corrected chi connectivity index (χ1v) is 5.40. The largest absolute Gasteiger partial charge is 0.299 e. The Morgan fingerprint density at radius 3 is 3.08 bits per heavy atom. The number of allylic oxidation sites excluding steroid dienone is 2. The summed E-state index contributed by atoms with van der Waals surface area (Å²) in [7, 11) is 0. The Kier molecular flexibility index (Phi) is 2.27. The van der Waals surface area contributed by atoms with Gasteiger partial charge in [-0.25, -0.2) is 0 Å². The Bertz CT molecular complexity index is 242. The van der Waals surface area contributed by atoms with Gasteiger partial charge in [0, 0.05) is 12.3 Å². The predicted octanol–water partition coefficient (Wildman–Crippen LogP) is 3.10. The van der Waals surface area contributed by atoms with Gasteiger partial charge in [-0.05, 0) is 37.5 Å². The van der Waals surface area contributed by atoms with Gasteiger partial charge >= 0.3 is 0 Å². The van der Waals surface area contributed by atoms with Crippen molar-refractivity contribution in [3.05, 3.63) is 12.2 Å². The normalized spacial score (nSPS) is 39.8. The summed E-state index contributed by atoms with van der Waals surface area (Å²) in [5.74, 6) is 0.848. The lowest BCUT2D eigenvalue weighted by molar-refractivity contribution is -0.130. The van der Waals surface area contributed by atoms with Gasteiger partial charge in [-0.2, -0.15) is 0 Å². The Labute approximate surface area is 80.2 Å². The lowest BCUT2D eigenvalue weighted by Crippen LogP contribution is -2.36. The maximum Gasteiger partial charge on any atom is 0.136 e. The Morgan fingerprint density at radius 1 is 1.38 bits per heavy atom. The molecule has 0 saturated heterocycles. The maximum atomic E-state index is 11.8. The van der Waals surface area contributed by atoms with Crippen molar-refractivity contribution < 1.29 is 4.79 Å². The Morgan fingerprint density at radius 2 is 2.23 bits per heavy atom. The topological polar surface area (TPSA) is 17.1 Å². The number of hydrogen-bond donors (Lipinski definition) is 0. The van der Waals surface area contributed by atoms with E-state index in [4.69, 9.17) is 0 Å². The highest BCUT2D eigenvalue weighted by molar-refractivity contribution is 5.82. The van der Waals surface area contributed by atoms with E-state index in [9.17, 15) is 4.79 Å². The van der Waals surface area contributed by atoms with Gasteiger partial charge in [-0.1, -0.05) is 19.1 Å². The van der Waals surface area contributed by atoms with Gasteiger partial charge in [-0.3, -0.25) is 4.79 Å². The van der Waals surface area contributed by atoms with Gasteiger partial charge < -0.3 is 0 Å². The number of carbonyl (C=O) groups excluding carboxylic acids is 1. The van der Waals surface area contributed by atoms with Crippen molar-refractivity contribution >= 4 is 5.78 Å². The predicted molar refractivity (Wildman–Crippen MR) is 53.4 cm³/mol. The zero-order valence-corrected chi connectivity index (χ0v) is 8.38. The van der Waals surface area contributed by atoms with Gasteiger partial charge in [0.2, 0.25) is 0 Å². The molecule has 0 aliphatic heterocycles. The van der Waals surface area contributed by atoms with E-state index in [0.717, 1.165) is 19.3 Å². The van der Waals surface area contributed by atoms with Crippen LogP contribution in [0.4, 0.5) is 0 Å². The fourth-order valence-electron chi connectivity index (χ4n) is 2.88. The fraction of sp³-hybridized carbons (Fsp3) is 0.750. The highest BCUT2D eigenvalue weighted by Gasteiger charge is 2.40. The molecule has 0 aromatic rings. The van der Waals surface area contributed by atoms with Gasteiger partial charge in [0.1, 0.15) is 5.78 Å². The van der Waals surface area contributed by atoms with Crippen molar-refractivity contribution in [1.82, 2.24) is 0 Å². The van der Waals surface area contributed by atoms with Crippen LogP contribution in [-0.2, 0) is 4.79 Å². The number of Topliss-reactive ketones (excluding diaryl/α,β-unsaturated/α-hetero) is 1. The zero-order valence-electron chi connectivity index (χ0n) is 8.38. The summed E-state index contributed by atoms with van der Waals surface area (Å²) in [6.45, 7) is 2.31. The van der Waals surface area contributed by atoms with E-state index in [1.165, 1.54) is 19.3 Å². The molecule has 2 atom stereocenters. The molecule has 2 aliphatic rings. The second-order valence-electron chi connectivity index (χ2n) is 4.77. The third kappa shape index (κ3) is 1.56. The first-order valence-electron chi connectivity index (χ1n) is 5.40. The van der Waals surface area contributed by atoms with Crippen molar-refractivity contribution in [2.45, 2.75) is 45.4 Å². The zero-order chi connectivity index (χ0) is 9.31.